The number of aromatic nitrogens is 3. The second kappa shape index (κ2) is 8.02. The molecule has 7 nitrogen and oxygen atoms in total. The minimum Gasteiger partial charge on any atom is -0.481 e. The Hall–Kier alpha value is -4.00. The molecule has 1 aliphatic rings. The molecule has 0 unspecified atom stereocenters. The molecule has 4 aromatic rings. The summed E-state index contributed by atoms with van der Waals surface area (Å²) >= 11 is 0. The second-order valence-electron chi connectivity index (χ2n) is 7.50. The van der Waals surface area contributed by atoms with Crippen LogP contribution < -0.4 is 4.74 Å². The number of benzene rings is 2. The number of rotatable bonds is 7. The summed E-state index contributed by atoms with van der Waals surface area (Å²) in [6.07, 6.45) is 6.89. The van der Waals surface area contributed by atoms with Crippen molar-refractivity contribution in [3.63, 3.8) is 0 Å². The van der Waals surface area contributed by atoms with Crippen LogP contribution in [0.1, 0.15) is 23.6 Å². The van der Waals surface area contributed by atoms with Crippen LogP contribution in [0.5, 0.6) is 5.88 Å². The first-order chi connectivity index (χ1) is 15.2. The summed E-state index contributed by atoms with van der Waals surface area (Å²) in [6, 6.07) is 16.2. The van der Waals surface area contributed by atoms with Crippen LogP contribution in [0.4, 0.5) is 0 Å². The van der Waals surface area contributed by atoms with E-state index in [9.17, 15) is 4.79 Å². The fraction of sp³-hybridized carbons (Fsp3) is 0.167. The van der Waals surface area contributed by atoms with Gasteiger partial charge in [0.2, 0.25) is 5.88 Å². The van der Waals surface area contributed by atoms with Gasteiger partial charge in [0.1, 0.15) is 6.61 Å². The van der Waals surface area contributed by atoms with Crippen molar-refractivity contribution in [1.29, 1.82) is 0 Å². The van der Waals surface area contributed by atoms with E-state index in [1.807, 2.05) is 36.4 Å². The van der Waals surface area contributed by atoms with E-state index < -0.39 is 5.97 Å². The minimum absolute atomic E-state index is 0.0360. The number of carboxylic acids is 1. The molecule has 1 N–H and O–H groups in total. The smallest absolute Gasteiger partial charge is 0.307 e. The lowest BCUT2D eigenvalue weighted by Gasteiger charge is -2.08. The summed E-state index contributed by atoms with van der Waals surface area (Å²) in [5.41, 5.74) is 4.86. The molecular weight excluding hydrogens is 394 g/mol. The molecule has 31 heavy (non-hydrogen) atoms. The second-order valence-corrected chi connectivity index (χ2v) is 7.50. The number of oxazole rings is 1. The summed E-state index contributed by atoms with van der Waals surface area (Å²) in [4.78, 5) is 23.5. The maximum Gasteiger partial charge on any atom is 0.307 e. The Morgan fingerprint density at radius 3 is 2.55 bits per heavy atom. The predicted molar refractivity (Wildman–Crippen MR) is 112 cm³/mol. The van der Waals surface area contributed by atoms with Crippen LogP contribution in [-0.2, 0) is 11.4 Å². The number of aliphatic carboxylic acids is 1. The summed E-state index contributed by atoms with van der Waals surface area (Å²) in [5.74, 6) is -0.00139. The number of nitrogens with zero attached hydrogens (tertiary/aromatic N) is 3. The summed E-state index contributed by atoms with van der Waals surface area (Å²) in [7, 11) is 0. The maximum absolute atomic E-state index is 11.0. The summed E-state index contributed by atoms with van der Waals surface area (Å²) in [5, 5.41) is 9.03. The van der Waals surface area contributed by atoms with Crippen molar-refractivity contribution in [3.05, 3.63) is 84.8 Å². The number of hydrogen-bond acceptors (Lipinski definition) is 6. The van der Waals surface area contributed by atoms with Crippen LogP contribution in [0.25, 0.3) is 22.5 Å². The van der Waals surface area contributed by atoms with Gasteiger partial charge in [-0.2, -0.15) is 0 Å². The molecule has 7 heteroatoms. The topological polar surface area (TPSA) is 98.3 Å². The first-order valence-corrected chi connectivity index (χ1v) is 9.93. The van der Waals surface area contributed by atoms with E-state index >= 15 is 0 Å². The average Bonchev–Trinajstić information content (AvgIpc) is 3.44. The lowest BCUT2D eigenvalue weighted by atomic mass is 10.0. The van der Waals surface area contributed by atoms with E-state index in [2.05, 4.69) is 27.1 Å². The number of hydrogen-bond donors (Lipinski definition) is 1. The summed E-state index contributed by atoms with van der Waals surface area (Å²) < 4.78 is 11.1. The molecule has 2 aromatic carbocycles. The van der Waals surface area contributed by atoms with Crippen LogP contribution in [0.15, 0.2) is 77.9 Å². The first kappa shape index (κ1) is 19.0. The van der Waals surface area contributed by atoms with Crippen molar-refractivity contribution < 1.29 is 19.1 Å². The third-order valence-electron chi connectivity index (χ3n) is 5.38. The molecule has 154 valence electrons. The quantitative estimate of drug-likeness (QED) is 0.474. The Bertz CT molecular complexity index is 1190. The molecule has 0 bridgehead atoms. The molecular formula is C24H19N3O4. The highest BCUT2D eigenvalue weighted by Crippen LogP contribution is 2.46. The Labute approximate surface area is 178 Å². The van der Waals surface area contributed by atoms with Crippen LogP contribution >= 0.6 is 0 Å². The van der Waals surface area contributed by atoms with Gasteiger partial charge in [-0.3, -0.25) is 9.78 Å². The van der Waals surface area contributed by atoms with Crippen LogP contribution in [0, 0.1) is 5.92 Å². The van der Waals surface area contributed by atoms with E-state index in [0.717, 1.165) is 28.0 Å². The molecule has 0 aliphatic heterocycles. The van der Waals surface area contributed by atoms with Crippen LogP contribution in [0.2, 0.25) is 0 Å². The normalized spacial score (nSPS) is 17.3. The molecule has 0 saturated heterocycles. The number of ether oxygens (including phenoxy) is 1. The lowest BCUT2D eigenvalue weighted by Crippen LogP contribution is -2.02. The Balaban J connectivity index is 1.23. The molecule has 0 radical (unpaired) electrons. The van der Waals surface area contributed by atoms with Crippen molar-refractivity contribution in [3.8, 4) is 28.3 Å². The standard InChI is InChI=1S/C24H19N3O4/c28-24(29)20-9-19(20)21-10-27-23(12-26-21)30-13-15-2-1-3-18(8-15)16-4-6-17(7-5-16)22-11-25-14-31-22/h1-8,10-12,14,19-20H,9,13H2,(H,28,29)/t19-,20-/m0/s1. The minimum atomic E-state index is -0.778. The SMILES string of the molecule is O=C(O)[C@H]1C[C@@H]1c1cnc(OCc2cccc(-c3ccc(-c4cnco4)cc3)c2)cn1. The molecule has 0 spiro atoms. The zero-order chi connectivity index (χ0) is 21.2. The number of carboxylic acid groups (broad SMARTS) is 1. The Kier molecular flexibility index (Phi) is 4.92. The highest BCUT2D eigenvalue weighted by molar-refractivity contribution is 5.75. The van der Waals surface area contributed by atoms with Crippen LogP contribution in [-0.4, -0.2) is 26.0 Å². The van der Waals surface area contributed by atoms with Crippen molar-refractivity contribution in [1.82, 2.24) is 15.0 Å². The maximum atomic E-state index is 11.0. The van der Waals surface area contributed by atoms with Gasteiger partial charge >= 0.3 is 5.97 Å². The van der Waals surface area contributed by atoms with Crippen LogP contribution in [0.3, 0.4) is 0 Å². The van der Waals surface area contributed by atoms with E-state index in [0.29, 0.717) is 24.6 Å². The van der Waals surface area contributed by atoms with Gasteiger partial charge in [-0.05, 0) is 29.2 Å². The highest BCUT2D eigenvalue weighted by atomic mass is 16.5. The predicted octanol–water partition coefficient (Wildman–Crippen LogP) is 4.57. The average molecular weight is 413 g/mol. The Morgan fingerprint density at radius 1 is 1.03 bits per heavy atom. The van der Waals surface area contributed by atoms with Gasteiger partial charge in [0.25, 0.3) is 0 Å². The van der Waals surface area contributed by atoms with E-state index in [1.165, 1.54) is 6.39 Å². The van der Waals surface area contributed by atoms with Gasteiger partial charge in [-0.15, -0.1) is 0 Å². The van der Waals surface area contributed by atoms with Gasteiger partial charge in [0, 0.05) is 11.5 Å². The molecule has 1 aliphatic carbocycles. The first-order valence-electron chi connectivity index (χ1n) is 9.93. The molecule has 1 saturated carbocycles. The van der Waals surface area contributed by atoms with Crippen molar-refractivity contribution in [2.75, 3.05) is 0 Å². The van der Waals surface area contributed by atoms with Gasteiger partial charge in [0.05, 0.1) is 30.2 Å². The largest absolute Gasteiger partial charge is 0.481 e. The molecule has 0 amide bonds. The highest BCUT2D eigenvalue weighted by Gasteiger charge is 2.45. The van der Waals surface area contributed by atoms with Gasteiger partial charge in [0.15, 0.2) is 12.2 Å². The molecule has 2 aromatic heterocycles. The number of carbonyl (C=O) groups is 1. The fourth-order valence-corrected chi connectivity index (χ4v) is 3.57. The third-order valence-corrected chi connectivity index (χ3v) is 5.38. The zero-order valence-electron chi connectivity index (χ0n) is 16.5. The fourth-order valence-electron chi connectivity index (χ4n) is 3.57. The lowest BCUT2D eigenvalue weighted by molar-refractivity contribution is -0.138. The Morgan fingerprint density at radius 2 is 1.87 bits per heavy atom. The summed E-state index contributed by atoms with van der Waals surface area (Å²) in [6.45, 7) is 0.360. The van der Waals surface area contributed by atoms with Gasteiger partial charge in [-0.25, -0.2) is 9.97 Å². The van der Waals surface area contributed by atoms with Crippen molar-refractivity contribution in [2.45, 2.75) is 18.9 Å². The third kappa shape index (κ3) is 4.16. The molecule has 1 fully saturated rings. The molecule has 2 atom stereocenters. The molecule has 5 rings (SSSR count). The zero-order valence-corrected chi connectivity index (χ0v) is 16.5. The van der Waals surface area contributed by atoms with E-state index in [-0.39, 0.29) is 11.8 Å². The van der Waals surface area contributed by atoms with E-state index in [4.69, 9.17) is 14.3 Å². The van der Waals surface area contributed by atoms with Crippen molar-refractivity contribution in [2.24, 2.45) is 5.92 Å². The monoisotopic (exact) mass is 413 g/mol. The molecule has 2 heterocycles. The van der Waals surface area contributed by atoms with Gasteiger partial charge in [-0.1, -0.05) is 42.5 Å². The van der Waals surface area contributed by atoms with E-state index in [1.54, 1.807) is 18.6 Å². The van der Waals surface area contributed by atoms with Crippen molar-refractivity contribution >= 4 is 5.97 Å². The van der Waals surface area contributed by atoms with Gasteiger partial charge < -0.3 is 14.3 Å².